The number of nitrogens with zero attached hydrogens (tertiary/aromatic N) is 5. The third-order valence-corrected chi connectivity index (χ3v) is 5.96. The molecular formula is C20H25FN6O. The number of rotatable bonds is 5. The van der Waals surface area contributed by atoms with E-state index in [9.17, 15) is 4.39 Å². The van der Waals surface area contributed by atoms with E-state index in [4.69, 9.17) is 15.5 Å². The lowest BCUT2D eigenvalue weighted by Gasteiger charge is -2.32. The highest BCUT2D eigenvalue weighted by Gasteiger charge is 2.34. The smallest absolute Gasteiger partial charge is 0.223 e. The van der Waals surface area contributed by atoms with Gasteiger partial charge in [-0.2, -0.15) is 4.52 Å². The maximum atomic E-state index is 14.3. The summed E-state index contributed by atoms with van der Waals surface area (Å²) in [7, 11) is 1.61. The van der Waals surface area contributed by atoms with Gasteiger partial charge < -0.3 is 10.5 Å². The molecule has 0 amide bonds. The minimum absolute atomic E-state index is 0.181. The van der Waals surface area contributed by atoms with Crippen LogP contribution in [0.15, 0.2) is 18.2 Å². The van der Waals surface area contributed by atoms with E-state index in [1.165, 1.54) is 0 Å². The molecule has 28 heavy (non-hydrogen) atoms. The molecule has 2 N–H and O–H groups in total. The zero-order chi connectivity index (χ0) is 19.3. The number of methoxy groups -OCH3 is 1. The van der Waals surface area contributed by atoms with Crippen LogP contribution in [0.25, 0.3) is 16.6 Å². The second-order valence-corrected chi connectivity index (χ2v) is 7.98. The van der Waals surface area contributed by atoms with Gasteiger partial charge in [-0.05, 0) is 50.3 Å². The minimum Gasteiger partial charge on any atom is -0.494 e. The van der Waals surface area contributed by atoms with E-state index < -0.39 is 6.17 Å². The maximum Gasteiger partial charge on any atom is 0.223 e. The number of halogens is 1. The summed E-state index contributed by atoms with van der Waals surface area (Å²) in [5.41, 5.74) is 7.53. The quantitative estimate of drug-likeness (QED) is 0.728. The first-order valence-corrected chi connectivity index (χ1v) is 9.99. The Hall–Kier alpha value is -2.48. The first-order valence-electron chi connectivity index (χ1n) is 9.99. The van der Waals surface area contributed by atoms with E-state index in [0.29, 0.717) is 23.5 Å². The Labute approximate surface area is 162 Å². The van der Waals surface area contributed by atoms with Crippen LogP contribution in [-0.2, 0) is 0 Å². The molecule has 5 rings (SSSR count). The molecule has 3 aromatic rings. The molecule has 7 nitrogen and oxygen atoms in total. The molecule has 148 valence electrons. The highest BCUT2D eigenvalue weighted by Crippen LogP contribution is 2.36. The van der Waals surface area contributed by atoms with Gasteiger partial charge in [-0.3, -0.25) is 4.90 Å². The number of benzene rings is 1. The molecule has 1 unspecified atom stereocenters. The Bertz CT molecular complexity index is 1020. The zero-order valence-corrected chi connectivity index (χ0v) is 16.0. The number of likely N-dealkylation sites (tertiary alicyclic amines) is 1. The standard InChI is InChI=1S/C20H25FN6O/c1-28-16-6-2-5-14-17(16)23-20(22)27-19(14)24-18(25-27)13-4-3-9-26(10-13)11-15(21)12-7-8-12/h2,5-6,12-13,15H,3-4,7-11H2,1H3,(H2,22,23)/t13-,15?/m1/s1. The molecule has 1 aliphatic carbocycles. The Kier molecular flexibility index (Phi) is 4.30. The second-order valence-electron chi connectivity index (χ2n) is 7.98. The van der Waals surface area contributed by atoms with Crippen LogP contribution in [0.2, 0.25) is 0 Å². The van der Waals surface area contributed by atoms with Gasteiger partial charge in [0.05, 0.1) is 7.11 Å². The molecule has 2 atom stereocenters. The summed E-state index contributed by atoms with van der Waals surface area (Å²) in [5, 5.41) is 5.52. The number of alkyl halides is 1. The van der Waals surface area contributed by atoms with Crippen molar-refractivity contribution in [3.63, 3.8) is 0 Å². The molecule has 0 spiro atoms. The van der Waals surface area contributed by atoms with Gasteiger partial charge in [-0.25, -0.2) is 14.4 Å². The Balaban J connectivity index is 1.47. The van der Waals surface area contributed by atoms with E-state index >= 15 is 0 Å². The number of piperidine rings is 1. The molecule has 3 heterocycles. The van der Waals surface area contributed by atoms with E-state index in [1.807, 2.05) is 18.2 Å². The van der Waals surface area contributed by atoms with Crippen LogP contribution < -0.4 is 10.5 Å². The molecule has 0 bridgehead atoms. The van der Waals surface area contributed by atoms with E-state index in [1.54, 1.807) is 11.6 Å². The van der Waals surface area contributed by atoms with Crippen molar-refractivity contribution in [1.82, 2.24) is 24.5 Å². The van der Waals surface area contributed by atoms with Crippen molar-refractivity contribution in [3.8, 4) is 5.75 Å². The van der Waals surface area contributed by atoms with Crippen LogP contribution in [0.4, 0.5) is 10.3 Å². The number of para-hydroxylation sites is 1. The summed E-state index contributed by atoms with van der Waals surface area (Å²) in [6.45, 7) is 2.26. The van der Waals surface area contributed by atoms with Crippen molar-refractivity contribution in [1.29, 1.82) is 0 Å². The molecule has 1 aromatic carbocycles. The van der Waals surface area contributed by atoms with Crippen LogP contribution in [0.1, 0.15) is 37.4 Å². The first-order chi connectivity index (χ1) is 13.6. The number of nitrogens with two attached hydrogens (primary N) is 1. The van der Waals surface area contributed by atoms with Gasteiger partial charge in [-0.15, -0.1) is 5.10 Å². The number of hydrogen-bond donors (Lipinski definition) is 1. The molecule has 0 radical (unpaired) electrons. The van der Waals surface area contributed by atoms with E-state index in [0.717, 1.165) is 50.0 Å². The lowest BCUT2D eigenvalue weighted by molar-refractivity contribution is 0.141. The van der Waals surface area contributed by atoms with Gasteiger partial charge in [0.1, 0.15) is 17.4 Å². The van der Waals surface area contributed by atoms with Crippen LogP contribution >= 0.6 is 0 Å². The highest BCUT2D eigenvalue weighted by atomic mass is 19.1. The van der Waals surface area contributed by atoms with Gasteiger partial charge in [0.25, 0.3) is 0 Å². The predicted molar refractivity (Wildman–Crippen MR) is 105 cm³/mol. The third-order valence-electron chi connectivity index (χ3n) is 5.96. The molecule has 2 aromatic heterocycles. The number of hydrogen-bond acceptors (Lipinski definition) is 6. The Morgan fingerprint density at radius 1 is 1.29 bits per heavy atom. The van der Waals surface area contributed by atoms with E-state index in [-0.39, 0.29) is 17.8 Å². The highest BCUT2D eigenvalue weighted by molar-refractivity contribution is 5.95. The lowest BCUT2D eigenvalue weighted by atomic mass is 9.97. The Morgan fingerprint density at radius 3 is 2.93 bits per heavy atom. The van der Waals surface area contributed by atoms with Crippen molar-refractivity contribution >= 4 is 22.5 Å². The fourth-order valence-corrected chi connectivity index (χ4v) is 4.27. The Morgan fingerprint density at radius 2 is 2.14 bits per heavy atom. The maximum absolute atomic E-state index is 14.3. The van der Waals surface area contributed by atoms with Gasteiger partial charge >= 0.3 is 0 Å². The minimum atomic E-state index is -0.705. The SMILES string of the molecule is COc1cccc2c1nc(N)n1nc([C@@H]3CCCN(CC(F)C4CC4)C3)nc21. The number of aromatic nitrogens is 4. The summed E-state index contributed by atoms with van der Waals surface area (Å²) in [4.78, 5) is 11.5. The van der Waals surface area contributed by atoms with Gasteiger partial charge in [0.2, 0.25) is 5.95 Å². The van der Waals surface area contributed by atoms with E-state index in [2.05, 4.69) is 15.0 Å². The monoisotopic (exact) mass is 384 g/mol. The molecular weight excluding hydrogens is 359 g/mol. The zero-order valence-electron chi connectivity index (χ0n) is 16.0. The molecule has 1 saturated heterocycles. The van der Waals surface area contributed by atoms with Gasteiger partial charge in [0, 0.05) is 24.4 Å². The van der Waals surface area contributed by atoms with Crippen LogP contribution in [-0.4, -0.2) is 57.4 Å². The first kappa shape index (κ1) is 17.6. The summed E-state index contributed by atoms with van der Waals surface area (Å²) >= 11 is 0. The van der Waals surface area contributed by atoms with Crippen molar-refractivity contribution in [2.24, 2.45) is 5.92 Å². The average molecular weight is 384 g/mol. The number of fused-ring (bicyclic) bond motifs is 3. The summed E-state index contributed by atoms with van der Waals surface area (Å²) in [6, 6.07) is 5.72. The summed E-state index contributed by atoms with van der Waals surface area (Å²) in [6.07, 6.45) is 3.40. The largest absolute Gasteiger partial charge is 0.494 e. The second kappa shape index (κ2) is 6.84. The van der Waals surface area contributed by atoms with Gasteiger partial charge in [-0.1, -0.05) is 6.07 Å². The molecule has 1 saturated carbocycles. The number of ether oxygens (including phenoxy) is 1. The van der Waals surface area contributed by atoms with Crippen LogP contribution in [0.5, 0.6) is 5.75 Å². The molecule has 1 aliphatic heterocycles. The van der Waals surface area contributed by atoms with Gasteiger partial charge in [0.15, 0.2) is 11.5 Å². The van der Waals surface area contributed by atoms with Crippen LogP contribution in [0.3, 0.4) is 0 Å². The number of anilines is 1. The van der Waals surface area contributed by atoms with Crippen molar-refractivity contribution in [2.75, 3.05) is 32.5 Å². The predicted octanol–water partition coefficient (Wildman–Crippen LogP) is 2.80. The normalized spacial score (nSPS) is 22.0. The summed E-state index contributed by atoms with van der Waals surface area (Å²) < 4.78 is 21.3. The number of nitrogen functional groups attached to an aromatic ring is 1. The summed E-state index contributed by atoms with van der Waals surface area (Å²) in [5.74, 6) is 2.17. The van der Waals surface area contributed by atoms with Crippen molar-refractivity contribution in [2.45, 2.75) is 37.8 Å². The fourth-order valence-electron chi connectivity index (χ4n) is 4.27. The third kappa shape index (κ3) is 3.05. The van der Waals surface area contributed by atoms with Crippen molar-refractivity contribution in [3.05, 3.63) is 24.0 Å². The molecule has 2 aliphatic rings. The molecule has 8 heteroatoms. The average Bonchev–Trinajstić information content (AvgIpc) is 3.46. The topological polar surface area (TPSA) is 81.6 Å². The van der Waals surface area contributed by atoms with Crippen molar-refractivity contribution < 1.29 is 9.13 Å². The van der Waals surface area contributed by atoms with Crippen LogP contribution in [0, 0.1) is 5.92 Å². The lowest BCUT2D eigenvalue weighted by Crippen LogP contribution is -2.39. The molecule has 2 fully saturated rings. The fraction of sp³-hybridized carbons (Fsp3) is 0.550.